The molecule has 0 atom stereocenters. The molecule has 0 saturated heterocycles. The molecule has 0 aliphatic carbocycles. The summed E-state index contributed by atoms with van der Waals surface area (Å²) in [6.07, 6.45) is 0. The third-order valence-electron chi connectivity index (χ3n) is 4.37. The van der Waals surface area contributed by atoms with Gasteiger partial charge in [-0.2, -0.15) is 0 Å². The number of methoxy groups -OCH3 is 1. The molecule has 0 amide bonds. The Balaban J connectivity index is 1.97. The number of benzene rings is 3. The normalized spacial score (nSPS) is 10.7. The first-order valence-electron chi connectivity index (χ1n) is 8.40. The van der Waals surface area contributed by atoms with Gasteiger partial charge in [-0.1, -0.05) is 60.7 Å². The number of carbonyl (C=O) groups excluding carboxylic acids is 1. The Morgan fingerprint density at radius 2 is 1.54 bits per heavy atom. The molecular formula is C23H17NO2. The molecule has 3 heteroatoms. The second-order valence-corrected chi connectivity index (χ2v) is 6.00. The van der Waals surface area contributed by atoms with Gasteiger partial charge in [-0.15, -0.1) is 0 Å². The van der Waals surface area contributed by atoms with Crippen molar-refractivity contribution >= 4 is 16.7 Å². The smallest absolute Gasteiger partial charge is 0.193 e. The van der Waals surface area contributed by atoms with Crippen LogP contribution in [-0.2, 0) is 0 Å². The van der Waals surface area contributed by atoms with Gasteiger partial charge in [0.25, 0.3) is 0 Å². The molecule has 0 fully saturated rings. The van der Waals surface area contributed by atoms with Crippen LogP contribution in [0.3, 0.4) is 0 Å². The van der Waals surface area contributed by atoms with E-state index in [-0.39, 0.29) is 5.78 Å². The lowest BCUT2D eigenvalue weighted by molar-refractivity contribution is 0.104. The van der Waals surface area contributed by atoms with Crippen LogP contribution in [0.2, 0.25) is 0 Å². The maximum Gasteiger partial charge on any atom is 0.193 e. The Bertz CT molecular complexity index is 1070. The Morgan fingerprint density at radius 1 is 0.846 bits per heavy atom. The van der Waals surface area contributed by atoms with E-state index in [0.29, 0.717) is 16.9 Å². The monoisotopic (exact) mass is 339 g/mol. The van der Waals surface area contributed by atoms with Crippen molar-refractivity contribution in [3.63, 3.8) is 0 Å². The first-order chi connectivity index (χ1) is 12.8. The van der Waals surface area contributed by atoms with Crippen molar-refractivity contribution in [3.05, 3.63) is 96.1 Å². The number of hydrogen-bond donors (Lipinski definition) is 0. The van der Waals surface area contributed by atoms with Gasteiger partial charge in [0, 0.05) is 22.1 Å². The summed E-state index contributed by atoms with van der Waals surface area (Å²) >= 11 is 0. The summed E-state index contributed by atoms with van der Waals surface area (Å²) in [4.78, 5) is 17.9. The molecule has 0 radical (unpaired) electrons. The molecule has 3 aromatic carbocycles. The average molecular weight is 339 g/mol. The highest BCUT2D eigenvalue weighted by molar-refractivity contribution is 6.16. The van der Waals surface area contributed by atoms with Gasteiger partial charge in [0.05, 0.1) is 18.3 Å². The lowest BCUT2D eigenvalue weighted by Crippen LogP contribution is -2.04. The molecule has 0 aliphatic heterocycles. The van der Waals surface area contributed by atoms with E-state index >= 15 is 0 Å². The van der Waals surface area contributed by atoms with Crippen molar-refractivity contribution in [3.8, 4) is 17.0 Å². The minimum atomic E-state index is -0.0246. The Kier molecular flexibility index (Phi) is 4.20. The Labute approximate surface area is 151 Å². The van der Waals surface area contributed by atoms with Crippen molar-refractivity contribution < 1.29 is 9.53 Å². The molecule has 3 nitrogen and oxygen atoms in total. The number of ketones is 1. The van der Waals surface area contributed by atoms with Crippen LogP contribution in [0, 0.1) is 0 Å². The lowest BCUT2D eigenvalue weighted by Gasteiger charge is -2.11. The molecule has 4 aromatic rings. The minimum absolute atomic E-state index is 0.0246. The van der Waals surface area contributed by atoms with Gasteiger partial charge in [0.2, 0.25) is 0 Å². The van der Waals surface area contributed by atoms with E-state index in [4.69, 9.17) is 9.72 Å². The molecule has 0 unspecified atom stereocenters. The van der Waals surface area contributed by atoms with Crippen LogP contribution in [0.1, 0.15) is 15.9 Å². The number of ether oxygens (including phenoxy) is 1. The second kappa shape index (κ2) is 6.81. The first-order valence-corrected chi connectivity index (χ1v) is 8.40. The van der Waals surface area contributed by atoms with Crippen LogP contribution < -0.4 is 4.74 Å². The fraction of sp³-hybridized carbons (Fsp3) is 0.0435. The Morgan fingerprint density at radius 3 is 2.23 bits per heavy atom. The van der Waals surface area contributed by atoms with E-state index < -0.39 is 0 Å². The summed E-state index contributed by atoms with van der Waals surface area (Å²) in [7, 11) is 1.62. The maximum atomic E-state index is 13.2. The Hall–Kier alpha value is -3.46. The topological polar surface area (TPSA) is 39.2 Å². The summed E-state index contributed by atoms with van der Waals surface area (Å²) < 4.78 is 5.34. The molecule has 0 bridgehead atoms. The SMILES string of the molecule is COc1ccc2nc(-c3ccccc3)cc(C(=O)c3ccccc3)c2c1. The predicted octanol–water partition coefficient (Wildman–Crippen LogP) is 5.14. The highest BCUT2D eigenvalue weighted by atomic mass is 16.5. The van der Waals surface area contributed by atoms with Crippen molar-refractivity contribution in [1.29, 1.82) is 0 Å². The average Bonchev–Trinajstić information content (AvgIpc) is 2.73. The number of nitrogens with zero attached hydrogens (tertiary/aromatic N) is 1. The van der Waals surface area contributed by atoms with E-state index in [2.05, 4.69) is 0 Å². The van der Waals surface area contributed by atoms with Crippen molar-refractivity contribution in [1.82, 2.24) is 4.98 Å². The van der Waals surface area contributed by atoms with Gasteiger partial charge in [0.1, 0.15) is 5.75 Å². The van der Waals surface area contributed by atoms with Gasteiger partial charge in [0.15, 0.2) is 5.78 Å². The molecule has 0 saturated carbocycles. The van der Waals surface area contributed by atoms with Crippen molar-refractivity contribution in [2.45, 2.75) is 0 Å². The fourth-order valence-electron chi connectivity index (χ4n) is 3.02. The van der Waals surface area contributed by atoms with Crippen LogP contribution in [0.5, 0.6) is 5.75 Å². The number of carbonyl (C=O) groups is 1. The number of aromatic nitrogens is 1. The minimum Gasteiger partial charge on any atom is -0.497 e. The third-order valence-corrected chi connectivity index (χ3v) is 4.37. The quantitative estimate of drug-likeness (QED) is 0.483. The largest absolute Gasteiger partial charge is 0.497 e. The van der Waals surface area contributed by atoms with Gasteiger partial charge in [-0.25, -0.2) is 4.98 Å². The number of rotatable bonds is 4. The van der Waals surface area contributed by atoms with Gasteiger partial charge >= 0.3 is 0 Å². The van der Waals surface area contributed by atoms with Crippen LogP contribution in [0.15, 0.2) is 84.9 Å². The van der Waals surface area contributed by atoms with E-state index in [0.717, 1.165) is 22.2 Å². The van der Waals surface area contributed by atoms with E-state index in [1.165, 1.54) is 0 Å². The van der Waals surface area contributed by atoms with Crippen molar-refractivity contribution in [2.75, 3.05) is 7.11 Å². The molecule has 126 valence electrons. The van der Waals surface area contributed by atoms with E-state index in [1.807, 2.05) is 84.9 Å². The molecule has 4 rings (SSSR count). The first kappa shape index (κ1) is 16.0. The van der Waals surface area contributed by atoms with Crippen LogP contribution in [-0.4, -0.2) is 17.9 Å². The highest BCUT2D eigenvalue weighted by Gasteiger charge is 2.16. The van der Waals surface area contributed by atoms with Crippen LogP contribution >= 0.6 is 0 Å². The highest BCUT2D eigenvalue weighted by Crippen LogP contribution is 2.29. The predicted molar refractivity (Wildman–Crippen MR) is 104 cm³/mol. The zero-order valence-electron chi connectivity index (χ0n) is 14.3. The number of hydrogen-bond acceptors (Lipinski definition) is 3. The van der Waals surface area contributed by atoms with E-state index in [1.54, 1.807) is 7.11 Å². The number of fused-ring (bicyclic) bond motifs is 1. The van der Waals surface area contributed by atoms with Gasteiger partial charge in [-0.05, 0) is 24.3 Å². The summed E-state index contributed by atoms with van der Waals surface area (Å²) in [5.74, 6) is 0.678. The lowest BCUT2D eigenvalue weighted by atomic mass is 9.97. The summed E-state index contributed by atoms with van der Waals surface area (Å²) in [5, 5.41) is 0.790. The summed E-state index contributed by atoms with van der Waals surface area (Å²) in [6, 6.07) is 26.7. The molecule has 0 N–H and O–H groups in total. The maximum absolute atomic E-state index is 13.2. The fourth-order valence-corrected chi connectivity index (χ4v) is 3.02. The van der Waals surface area contributed by atoms with Crippen molar-refractivity contribution in [2.24, 2.45) is 0 Å². The molecule has 0 aliphatic rings. The standard InChI is InChI=1S/C23H17NO2/c1-26-18-12-13-21-19(14-18)20(23(25)17-10-6-3-7-11-17)15-22(24-21)16-8-4-2-5-9-16/h2-15H,1H3. The van der Waals surface area contributed by atoms with Crippen LogP contribution in [0.25, 0.3) is 22.2 Å². The summed E-state index contributed by atoms with van der Waals surface area (Å²) in [5.41, 5.74) is 3.81. The van der Waals surface area contributed by atoms with E-state index in [9.17, 15) is 4.79 Å². The molecule has 26 heavy (non-hydrogen) atoms. The zero-order chi connectivity index (χ0) is 17.9. The molecule has 1 heterocycles. The van der Waals surface area contributed by atoms with Crippen LogP contribution in [0.4, 0.5) is 0 Å². The second-order valence-electron chi connectivity index (χ2n) is 6.00. The third kappa shape index (κ3) is 2.95. The molecule has 0 spiro atoms. The summed E-state index contributed by atoms with van der Waals surface area (Å²) in [6.45, 7) is 0. The molecular weight excluding hydrogens is 322 g/mol. The molecule has 1 aromatic heterocycles. The zero-order valence-corrected chi connectivity index (χ0v) is 14.3. The number of pyridine rings is 1. The van der Waals surface area contributed by atoms with Gasteiger partial charge in [-0.3, -0.25) is 4.79 Å². The van der Waals surface area contributed by atoms with Gasteiger partial charge < -0.3 is 4.74 Å².